The lowest BCUT2D eigenvalue weighted by atomic mass is 9.68. The maximum absolute atomic E-state index is 9.53. The minimum absolute atomic E-state index is 0.292. The van der Waals surface area contributed by atoms with Crippen LogP contribution in [0.5, 0.6) is 0 Å². The van der Waals surface area contributed by atoms with Crippen LogP contribution in [-0.2, 0) is 6.42 Å². The van der Waals surface area contributed by atoms with Crippen molar-refractivity contribution in [3.8, 4) is 6.07 Å². The van der Waals surface area contributed by atoms with E-state index in [9.17, 15) is 5.26 Å². The van der Waals surface area contributed by atoms with Crippen LogP contribution in [0.2, 0.25) is 0 Å². The van der Waals surface area contributed by atoms with E-state index >= 15 is 0 Å². The second kappa shape index (κ2) is 10.4. The first-order valence-corrected chi connectivity index (χ1v) is 12.6. The molecule has 2 fully saturated rings. The molecule has 0 spiro atoms. The minimum Gasteiger partial charge on any atom is -0.372 e. The van der Waals surface area contributed by atoms with Gasteiger partial charge in [0.1, 0.15) is 17.5 Å². The van der Waals surface area contributed by atoms with Gasteiger partial charge in [-0.2, -0.15) is 10.2 Å². The van der Waals surface area contributed by atoms with Gasteiger partial charge in [0.05, 0.1) is 6.20 Å². The molecule has 1 saturated heterocycles. The summed E-state index contributed by atoms with van der Waals surface area (Å²) < 4.78 is 0. The lowest BCUT2D eigenvalue weighted by Crippen LogP contribution is -2.37. The Morgan fingerprint density at radius 2 is 1.88 bits per heavy atom. The number of hydrogen-bond acceptors (Lipinski definition) is 6. The Bertz CT molecular complexity index is 956. The molecular weight excluding hydrogens is 408 g/mol. The fourth-order valence-electron chi connectivity index (χ4n) is 5.10. The molecule has 6 heteroatoms. The van der Waals surface area contributed by atoms with Crippen LogP contribution in [-0.4, -0.2) is 35.6 Å². The molecule has 2 N–H and O–H groups in total. The van der Waals surface area contributed by atoms with Crippen molar-refractivity contribution in [3.05, 3.63) is 41.6 Å². The Balaban J connectivity index is 1.32. The van der Waals surface area contributed by atoms with Crippen molar-refractivity contribution >= 4 is 17.5 Å². The third-order valence-corrected chi connectivity index (χ3v) is 7.66. The van der Waals surface area contributed by atoms with Crippen LogP contribution in [0.3, 0.4) is 0 Å². The quantitative estimate of drug-likeness (QED) is 0.575. The van der Waals surface area contributed by atoms with Crippen molar-refractivity contribution in [2.24, 2.45) is 11.3 Å². The molecule has 0 bridgehead atoms. The second-order valence-corrected chi connectivity index (χ2v) is 10.5. The highest BCUT2D eigenvalue weighted by Crippen LogP contribution is 2.41. The molecule has 1 saturated carbocycles. The molecule has 33 heavy (non-hydrogen) atoms. The van der Waals surface area contributed by atoms with E-state index in [-0.39, 0.29) is 0 Å². The highest BCUT2D eigenvalue weighted by Gasteiger charge is 2.34. The van der Waals surface area contributed by atoms with E-state index in [4.69, 9.17) is 0 Å². The zero-order chi connectivity index (χ0) is 23.3. The number of hydrogen-bond donors (Lipinski definition) is 2. The van der Waals surface area contributed by atoms with Crippen LogP contribution in [0.25, 0.3) is 0 Å². The summed E-state index contributed by atoms with van der Waals surface area (Å²) in [5.74, 6) is 1.93. The number of anilines is 3. The summed E-state index contributed by atoms with van der Waals surface area (Å²) in [7, 11) is 0. The van der Waals surface area contributed by atoms with Crippen LogP contribution >= 0.6 is 0 Å². The van der Waals surface area contributed by atoms with Gasteiger partial charge >= 0.3 is 0 Å². The third kappa shape index (κ3) is 5.96. The number of piperidine rings is 1. The average molecular weight is 447 g/mol. The van der Waals surface area contributed by atoms with E-state index in [0.29, 0.717) is 34.7 Å². The van der Waals surface area contributed by atoms with Gasteiger partial charge in [-0.15, -0.1) is 0 Å². The van der Waals surface area contributed by atoms with Crippen LogP contribution < -0.4 is 15.5 Å². The Labute approximate surface area is 198 Å². The first-order valence-electron chi connectivity index (χ1n) is 12.6. The average Bonchev–Trinajstić information content (AvgIpc) is 2.82. The van der Waals surface area contributed by atoms with E-state index in [2.05, 4.69) is 76.6 Å². The summed E-state index contributed by atoms with van der Waals surface area (Å²) in [6.07, 6.45) is 9.86. The van der Waals surface area contributed by atoms with E-state index < -0.39 is 0 Å². The Morgan fingerprint density at radius 3 is 2.58 bits per heavy atom. The van der Waals surface area contributed by atoms with Crippen LogP contribution in [0.15, 0.2) is 30.5 Å². The first kappa shape index (κ1) is 23.4. The van der Waals surface area contributed by atoms with Crippen LogP contribution in [0.4, 0.5) is 17.5 Å². The van der Waals surface area contributed by atoms with Gasteiger partial charge in [0.15, 0.2) is 0 Å². The van der Waals surface area contributed by atoms with Crippen LogP contribution in [0.1, 0.15) is 70.4 Å². The van der Waals surface area contributed by atoms with Gasteiger partial charge in [-0.25, -0.2) is 4.98 Å². The number of nitriles is 1. The first-order chi connectivity index (χ1) is 15.9. The van der Waals surface area contributed by atoms with Crippen molar-refractivity contribution in [1.82, 2.24) is 9.97 Å². The molecule has 1 aromatic carbocycles. The van der Waals surface area contributed by atoms with Gasteiger partial charge in [-0.05, 0) is 74.0 Å². The molecule has 1 aromatic heterocycles. The fraction of sp³-hybridized carbons (Fsp3) is 0.593. The van der Waals surface area contributed by atoms with E-state index in [0.717, 1.165) is 25.8 Å². The number of rotatable bonds is 7. The molecular formula is C27H38N6. The van der Waals surface area contributed by atoms with Crippen molar-refractivity contribution in [3.63, 3.8) is 0 Å². The van der Waals surface area contributed by atoms with Crippen molar-refractivity contribution in [1.29, 1.82) is 5.26 Å². The zero-order valence-corrected chi connectivity index (χ0v) is 20.4. The standard InChI is InChI=1S/C27H38N6/c1-20-7-10-23(17-27(20,2)3)31-25-22(18-28)19-30-26(32-25)29-14-13-21-8-11-24(12-9-21)33-15-5-4-6-16-33/h8-9,11-12,19-20,23H,4-7,10,13-17H2,1-3H3,(H2,29,30,31,32)/t20-,23+/m0/s1. The Kier molecular flexibility index (Phi) is 7.37. The molecule has 0 radical (unpaired) electrons. The van der Waals surface area contributed by atoms with Crippen molar-refractivity contribution in [2.45, 2.75) is 71.8 Å². The van der Waals surface area contributed by atoms with Gasteiger partial charge in [-0.1, -0.05) is 32.9 Å². The maximum atomic E-state index is 9.53. The fourth-order valence-corrected chi connectivity index (χ4v) is 5.10. The summed E-state index contributed by atoms with van der Waals surface area (Å²) in [6, 6.07) is 11.5. The van der Waals surface area contributed by atoms with Gasteiger partial charge < -0.3 is 15.5 Å². The topological polar surface area (TPSA) is 76.9 Å². The van der Waals surface area contributed by atoms with E-state index in [1.54, 1.807) is 6.20 Å². The molecule has 0 unspecified atom stereocenters. The highest BCUT2D eigenvalue weighted by atomic mass is 15.1. The Hall–Kier alpha value is -2.81. The van der Waals surface area contributed by atoms with E-state index in [1.807, 2.05) is 0 Å². The minimum atomic E-state index is 0.292. The summed E-state index contributed by atoms with van der Waals surface area (Å²) in [5.41, 5.74) is 3.43. The number of nitrogens with one attached hydrogen (secondary N) is 2. The third-order valence-electron chi connectivity index (χ3n) is 7.66. The maximum Gasteiger partial charge on any atom is 0.224 e. The molecule has 2 atom stereocenters. The summed E-state index contributed by atoms with van der Waals surface area (Å²) in [4.78, 5) is 11.5. The van der Waals surface area contributed by atoms with Gasteiger partial charge in [0.2, 0.25) is 5.95 Å². The monoisotopic (exact) mass is 446 g/mol. The highest BCUT2D eigenvalue weighted by molar-refractivity contribution is 5.54. The second-order valence-electron chi connectivity index (χ2n) is 10.5. The van der Waals surface area contributed by atoms with Crippen LogP contribution in [0, 0.1) is 22.7 Å². The van der Waals surface area contributed by atoms with E-state index in [1.165, 1.54) is 50.0 Å². The molecule has 2 aromatic rings. The molecule has 6 nitrogen and oxygen atoms in total. The largest absolute Gasteiger partial charge is 0.372 e. The lowest BCUT2D eigenvalue weighted by Gasteiger charge is -2.41. The summed E-state index contributed by atoms with van der Waals surface area (Å²) in [5, 5.41) is 16.4. The molecule has 4 rings (SSSR count). The van der Waals surface area contributed by atoms with Gasteiger partial charge in [0, 0.05) is 31.4 Å². The van der Waals surface area contributed by atoms with Crippen molar-refractivity contribution < 1.29 is 0 Å². The predicted molar refractivity (Wildman–Crippen MR) is 136 cm³/mol. The summed E-state index contributed by atoms with van der Waals surface area (Å²) in [6.45, 7) is 10.1. The normalized spacial score (nSPS) is 22.4. The lowest BCUT2D eigenvalue weighted by molar-refractivity contribution is 0.143. The van der Waals surface area contributed by atoms with Gasteiger partial charge in [-0.3, -0.25) is 0 Å². The Morgan fingerprint density at radius 1 is 1.12 bits per heavy atom. The van der Waals surface area contributed by atoms with Crippen molar-refractivity contribution in [2.75, 3.05) is 35.2 Å². The molecule has 1 aliphatic carbocycles. The number of nitrogens with zero attached hydrogens (tertiary/aromatic N) is 4. The molecule has 1 aliphatic heterocycles. The SMILES string of the molecule is C[C@H]1CC[C@@H](Nc2nc(NCCc3ccc(N4CCCCC4)cc3)ncc2C#N)CC1(C)C. The molecule has 0 amide bonds. The summed E-state index contributed by atoms with van der Waals surface area (Å²) >= 11 is 0. The predicted octanol–water partition coefficient (Wildman–Crippen LogP) is 5.62. The molecule has 2 aliphatic rings. The number of aromatic nitrogens is 2. The molecule has 2 heterocycles. The number of benzene rings is 1. The molecule has 176 valence electrons. The zero-order valence-electron chi connectivity index (χ0n) is 20.4. The smallest absolute Gasteiger partial charge is 0.224 e. The van der Waals surface area contributed by atoms with Gasteiger partial charge in [0.25, 0.3) is 0 Å².